The van der Waals surface area contributed by atoms with Gasteiger partial charge in [-0.15, -0.1) is 0 Å². The molecule has 1 aliphatic carbocycles. The zero-order valence-corrected chi connectivity index (χ0v) is 14.3. The van der Waals surface area contributed by atoms with Gasteiger partial charge in [0.05, 0.1) is 23.4 Å². The van der Waals surface area contributed by atoms with Crippen molar-refractivity contribution in [1.82, 2.24) is 0 Å². The maximum Gasteiger partial charge on any atom is 0.339 e. The quantitative estimate of drug-likeness (QED) is 0.611. The minimum Gasteiger partial charge on any atom is -0.462 e. The molecule has 0 unspecified atom stereocenters. The van der Waals surface area contributed by atoms with Crippen LogP contribution in [-0.4, -0.2) is 24.4 Å². The molecule has 0 fully saturated rings. The van der Waals surface area contributed by atoms with Crippen LogP contribution in [-0.2, 0) is 14.3 Å². The molecule has 1 heterocycles. The molecule has 0 radical (unpaired) electrons. The molecule has 3 rings (SSSR count). The van der Waals surface area contributed by atoms with Gasteiger partial charge < -0.3 is 4.74 Å². The van der Waals surface area contributed by atoms with Crippen LogP contribution in [0.3, 0.4) is 0 Å². The highest BCUT2D eigenvalue weighted by molar-refractivity contribution is 6.33. The van der Waals surface area contributed by atoms with Gasteiger partial charge in [-0.1, -0.05) is 6.92 Å². The Hall–Kier alpha value is -3.01. The first-order valence-electron chi connectivity index (χ1n) is 8.51. The summed E-state index contributed by atoms with van der Waals surface area (Å²) >= 11 is 0. The lowest BCUT2D eigenvalue weighted by Gasteiger charge is -2.17. The first-order chi connectivity index (χ1) is 12.5. The predicted molar refractivity (Wildman–Crippen MR) is 89.7 cm³/mol. The number of benzene rings is 1. The zero-order chi connectivity index (χ0) is 18.8. The number of amides is 2. The number of imide groups is 1. The number of anilines is 1. The van der Waals surface area contributed by atoms with E-state index < -0.39 is 23.6 Å². The van der Waals surface area contributed by atoms with Gasteiger partial charge in [0.25, 0.3) is 11.8 Å². The van der Waals surface area contributed by atoms with E-state index in [9.17, 15) is 18.8 Å². The van der Waals surface area contributed by atoms with Crippen molar-refractivity contribution < 1.29 is 23.5 Å². The molecule has 0 bridgehead atoms. The fourth-order valence-electron chi connectivity index (χ4n) is 3.23. The smallest absolute Gasteiger partial charge is 0.339 e. The minimum absolute atomic E-state index is 0.147. The van der Waals surface area contributed by atoms with Gasteiger partial charge in [0, 0.05) is 11.1 Å². The monoisotopic (exact) mass is 356 g/mol. The van der Waals surface area contributed by atoms with E-state index in [1.54, 1.807) is 6.07 Å². The molecule has 7 heteroatoms. The van der Waals surface area contributed by atoms with E-state index in [4.69, 9.17) is 10.00 Å². The summed E-state index contributed by atoms with van der Waals surface area (Å²) in [6, 6.07) is 3.66. The molecule has 1 aliphatic heterocycles. The number of ether oxygens (including phenoxy) is 1. The summed E-state index contributed by atoms with van der Waals surface area (Å²) in [5.74, 6) is -2.81. The number of nitriles is 1. The SMILES string of the molecule is CCCOC(=O)c1cc(N2C(=O)C3=C(CCCC3)C2=O)c(F)cc1C#N. The number of hydrogen-bond acceptors (Lipinski definition) is 5. The Bertz CT molecular complexity index is 854. The molecule has 26 heavy (non-hydrogen) atoms. The van der Waals surface area contributed by atoms with Crippen molar-refractivity contribution in [2.45, 2.75) is 39.0 Å². The number of carbonyl (C=O) groups is 3. The van der Waals surface area contributed by atoms with Gasteiger partial charge in [-0.3, -0.25) is 9.59 Å². The van der Waals surface area contributed by atoms with E-state index in [0.29, 0.717) is 30.4 Å². The lowest BCUT2D eigenvalue weighted by Crippen LogP contribution is -2.32. The van der Waals surface area contributed by atoms with Crippen molar-refractivity contribution in [3.05, 3.63) is 40.2 Å². The molecular weight excluding hydrogens is 339 g/mol. The molecule has 0 aromatic heterocycles. The maximum absolute atomic E-state index is 14.5. The Kier molecular flexibility index (Phi) is 4.85. The fraction of sp³-hybridized carbons (Fsp3) is 0.368. The van der Waals surface area contributed by atoms with Crippen molar-refractivity contribution in [2.75, 3.05) is 11.5 Å². The highest BCUT2D eigenvalue weighted by atomic mass is 19.1. The molecule has 0 saturated heterocycles. The first-order valence-corrected chi connectivity index (χ1v) is 8.51. The lowest BCUT2D eigenvalue weighted by atomic mass is 9.93. The summed E-state index contributed by atoms with van der Waals surface area (Å²) in [6.07, 6.45) is 3.16. The topological polar surface area (TPSA) is 87.5 Å². The first kappa shape index (κ1) is 17.8. The summed E-state index contributed by atoms with van der Waals surface area (Å²) in [5, 5.41) is 9.17. The van der Waals surface area contributed by atoms with Crippen LogP contribution in [0.25, 0.3) is 0 Å². The molecule has 6 nitrogen and oxygen atoms in total. The van der Waals surface area contributed by atoms with Crippen molar-refractivity contribution in [3.63, 3.8) is 0 Å². The molecule has 1 aromatic rings. The normalized spacial score (nSPS) is 16.6. The highest BCUT2D eigenvalue weighted by Crippen LogP contribution is 2.37. The Morgan fingerprint density at radius 2 is 1.85 bits per heavy atom. The van der Waals surface area contributed by atoms with E-state index in [2.05, 4.69) is 0 Å². The van der Waals surface area contributed by atoms with E-state index >= 15 is 0 Å². The molecule has 2 aliphatic rings. The van der Waals surface area contributed by atoms with Gasteiger partial charge in [-0.2, -0.15) is 5.26 Å². The highest BCUT2D eigenvalue weighted by Gasteiger charge is 2.41. The number of halogens is 1. The largest absolute Gasteiger partial charge is 0.462 e. The van der Waals surface area contributed by atoms with Gasteiger partial charge in [0.15, 0.2) is 0 Å². The summed E-state index contributed by atoms with van der Waals surface area (Å²) in [6.45, 7) is 1.96. The van der Waals surface area contributed by atoms with Crippen LogP contribution in [0.5, 0.6) is 0 Å². The van der Waals surface area contributed by atoms with Gasteiger partial charge in [0.2, 0.25) is 0 Å². The van der Waals surface area contributed by atoms with Crippen LogP contribution in [0.15, 0.2) is 23.3 Å². The van der Waals surface area contributed by atoms with Crippen LogP contribution in [0, 0.1) is 17.1 Å². The van der Waals surface area contributed by atoms with E-state index in [1.807, 2.05) is 6.92 Å². The minimum atomic E-state index is -0.907. The molecule has 2 amide bonds. The molecule has 1 aromatic carbocycles. The van der Waals surface area contributed by atoms with Crippen LogP contribution < -0.4 is 4.90 Å². The Labute approximate surface area is 149 Å². The summed E-state index contributed by atoms with van der Waals surface area (Å²) in [7, 11) is 0. The Balaban J connectivity index is 2.03. The van der Waals surface area contributed by atoms with Gasteiger partial charge in [-0.25, -0.2) is 14.1 Å². The van der Waals surface area contributed by atoms with Crippen molar-refractivity contribution in [1.29, 1.82) is 5.26 Å². The van der Waals surface area contributed by atoms with Crippen LogP contribution >= 0.6 is 0 Å². The molecule has 0 saturated carbocycles. The average Bonchev–Trinajstić information content (AvgIpc) is 2.90. The van der Waals surface area contributed by atoms with Crippen molar-refractivity contribution in [2.24, 2.45) is 0 Å². The van der Waals surface area contributed by atoms with E-state index in [-0.39, 0.29) is 23.4 Å². The third kappa shape index (κ3) is 2.88. The standard InChI is InChI=1S/C19H17FN2O4/c1-2-7-26-19(25)14-9-16(15(20)8-11(14)10-21)22-17(23)12-5-3-4-6-13(12)18(22)24/h8-9H,2-7H2,1H3. The average molecular weight is 356 g/mol. The van der Waals surface area contributed by atoms with Crippen LogP contribution in [0.4, 0.5) is 10.1 Å². The van der Waals surface area contributed by atoms with Crippen molar-refractivity contribution in [3.8, 4) is 6.07 Å². The van der Waals surface area contributed by atoms with Crippen LogP contribution in [0.1, 0.15) is 54.9 Å². The zero-order valence-electron chi connectivity index (χ0n) is 14.3. The molecular formula is C19H17FN2O4. The number of carbonyl (C=O) groups excluding carboxylic acids is 3. The number of rotatable bonds is 4. The second kappa shape index (κ2) is 7.08. The van der Waals surface area contributed by atoms with Gasteiger partial charge >= 0.3 is 5.97 Å². The Morgan fingerprint density at radius 3 is 2.38 bits per heavy atom. The Morgan fingerprint density at radius 1 is 1.23 bits per heavy atom. The van der Waals surface area contributed by atoms with Crippen molar-refractivity contribution >= 4 is 23.5 Å². The summed E-state index contributed by atoms with van der Waals surface area (Å²) in [5.41, 5.74) is 0.143. The van der Waals surface area contributed by atoms with Gasteiger partial charge in [0.1, 0.15) is 11.9 Å². The third-order valence-corrected chi connectivity index (χ3v) is 4.50. The summed E-state index contributed by atoms with van der Waals surface area (Å²) in [4.78, 5) is 38.2. The number of nitrogens with zero attached hydrogens (tertiary/aromatic N) is 2. The van der Waals surface area contributed by atoms with Crippen LogP contribution in [0.2, 0.25) is 0 Å². The number of esters is 1. The summed E-state index contributed by atoms with van der Waals surface area (Å²) < 4.78 is 19.6. The van der Waals surface area contributed by atoms with E-state index in [1.165, 1.54) is 0 Å². The maximum atomic E-state index is 14.5. The molecule has 0 spiro atoms. The molecule has 0 atom stereocenters. The molecule has 0 N–H and O–H groups in total. The molecule has 134 valence electrons. The second-order valence-electron chi connectivity index (χ2n) is 6.21. The fourth-order valence-corrected chi connectivity index (χ4v) is 3.23. The van der Waals surface area contributed by atoms with E-state index in [0.717, 1.165) is 29.9 Å². The third-order valence-electron chi connectivity index (χ3n) is 4.50. The predicted octanol–water partition coefficient (Wildman–Crippen LogP) is 3.01. The second-order valence-corrected chi connectivity index (χ2v) is 6.21. The van der Waals surface area contributed by atoms with Gasteiger partial charge in [-0.05, 0) is 44.2 Å². The lowest BCUT2D eigenvalue weighted by molar-refractivity contribution is -0.120. The number of hydrogen-bond donors (Lipinski definition) is 0.